The first-order valence-corrected chi connectivity index (χ1v) is 10.3. The Morgan fingerprint density at radius 1 is 0.909 bits per heavy atom. The lowest BCUT2D eigenvalue weighted by molar-refractivity contribution is -0.145. The van der Waals surface area contributed by atoms with Gasteiger partial charge in [0.1, 0.15) is 12.1 Å². The number of aliphatic hydroxyl groups is 1. The third kappa shape index (κ3) is 9.66. The lowest BCUT2D eigenvalue weighted by atomic mass is 10.0. The molecule has 12 nitrogen and oxygen atoms in total. The number of amides is 3. The van der Waals surface area contributed by atoms with Crippen molar-refractivity contribution in [3.8, 4) is 0 Å². The number of benzene rings is 1. The van der Waals surface area contributed by atoms with E-state index >= 15 is 0 Å². The van der Waals surface area contributed by atoms with Gasteiger partial charge in [-0.25, -0.2) is 4.79 Å². The largest absolute Gasteiger partial charge is 0.481 e. The molecule has 33 heavy (non-hydrogen) atoms. The van der Waals surface area contributed by atoms with Crippen molar-refractivity contribution in [2.24, 2.45) is 5.73 Å². The molecule has 1 aromatic carbocycles. The molecule has 0 saturated carbocycles. The van der Waals surface area contributed by atoms with E-state index in [-0.39, 0.29) is 19.3 Å². The van der Waals surface area contributed by atoms with Crippen LogP contribution in [0, 0.1) is 0 Å². The topological polar surface area (TPSA) is 208 Å². The van der Waals surface area contributed by atoms with E-state index in [1.807, 2.05) is 0 Å². The second kappa shape index (κ2) is 13.1. The molecule has 0 spiro atoms. The lowest BCUT2D eigenvalue weighted by Crippen LogP contribution is -2.58. The fourth-order valence-corrected chi connectivity index (χ4v) is 2.79. The summed E-state index contributed by atoms with van der Waals surface area (Å²) in [5.41, 5.74) is 6.30. The molecule has 12 heteroatoms. The molecule has 0 fully saturated rings. The highest BCUT2D eigenvalue weighted by Gasteiger charge is 2.31. The summed E-state index contributed by atoms with van der Waals surface area (Å²) in [6, 6.07) is 3.58. The highest BCUT2D eigenvalue weighted by Crippen LogP contribution is 2.06. The van der Waals surface area contributed by atoms with Crippen molar-refractivity contribution >= 4 is 29.7 Å². The van der Waals surface area contributed by atoms with Crippen LogP contribution in [-0.4, -0.2) is 75.3 Å². The number of rotatable bonds is 13. The number of carbonyl (C=O) groups is 5. The Labute approximate surface area is 190 Å². The van der Waals surface area contributed by atoms with E-state index in [4.69, 9.17) is 10.8 Å². The molecule has 0 aliphatic heterocycles. The highest BCUT2D eigenvalue weighted by molar-refractivity contribution is 5.94. The normalized spacial score (nSPS) is 15.3. The van der Waals surface area contributed by atoms with E-state index in [0.717, 1.165) is 0 Å². The molecule has 0 aliphatic rings. The van der Waals surface area contributed by atoms with Crippen LogP contribution in [0.15, 0.2) is 30.3 Å². The molecular formula is C21H30N4O8. The van der Waals surface area contributed by atoms with Crippen molar-refractivity contribution in [1.29, 1.82) is 0 Å². The summed E-state index contributed by atoms with van der Waals surface area (Å²) in [6.07, 6.45) is -1.80. The minimum absolute atomic E-state index is 0.0172. The standard InChI is InChI=1S/C21H30N4O8/c1-11(23-19(30)14(22)8-9-16(27)28)18(29)24-15(10-13-6-4-3-5-7-13)20(31)25-17(12(2)26)21(32)33/h3-7,11-12,14-15,17,26H,8-10,22H2,1-2H3,(H,23,30)(H,24,29)(H,25,31)(H,27,28)(H,32,33). The number of hydrogen-bond donors (Lipinski definition) is 7. The molecule has 182 valence electrons. The van der Waals surface area contributed by atoms with Crippen molar-refractivity contribution in [3.05, 3.63) is 35.9 Å². The van der Waals surface area contributed by atoms with Crippen molar-refractivity contribution in [2.45, 2.75) is 63.4 Å². The van der Waals surface area contributed by atoms with E-state index in [9.17, 15) is 34.2 Å². The summed E-state index contributed by atoms with van der Waals surface area (Å²) in [4.78, 5) is 59.4. The minimum Gasteiger partial charge on any atom is -0.481 e. The van der Waals surface area contributed by atoms with Crippen LogP contribution in [0.4, 0.5) is 0 Å². The Bertz CT molecular complexity index is 846. The molecule has 1 aromatic rings. The van der Waals surface area contributed by atoms with E-state index < -0.39 is 59.9 Å². The van der Waals surface area contributed by atoms with Crippen LogP contribution in [0.25, 0.3) is 0 Å². The number of aliphatic hydroxyl groups excluding tert-OH is 1. The maximum absolute atomic E-state index is 12.7. The third-order valence-corrected chi connectivity index (χ3v) is 4.72. The Morgan fingerprint density at radius 3 is 2.03 bits per heavy atom. The van der Waals surface area contributed by atoms with Gasteiger partial charge in [-0.3, -0.25) is 19.2 Å². The molecule has 0 bridgehead atoms. The quantitative estimate of drug-likeness (QED) is 0.178. The second-order valence-corrected chi connectivity index (χ2v) is 7.59. The van der Waals surface area contributed by atoms with E-state index in [2.05, 4.69) is 16.0 Å². The SMILES string of the molecule is CC(NC(=O)C(N)CCC(=O)O)C(=O)NC(Cc1ccccc1)C(=O)NC(C(=O)O)C(C)O. The molecular weight excluding hydrogens is 436 g/mol. The monoisotopic (exact) mass is 466 g/mol. The van der Waals surface area contributed by atoms with Crippen molar-refractivity contribution < 1.29 is 39.3 Å². The van der Waals surface area contributed by atoms with Gasteiger partial charge in [-0.2, -0.15) is 0 Å². The van der Waals surface area contributed by atoms with Crippen LogP contribution in [-0.2, 0) is 30.4 Å². The van der Waals surface area contributed by atoms with Gasteiger partial charge in [0.2, 0.25) is 17.7 Å². The van der Waals surface area contributed by atoms with Gasteiger partial charge in [0.05, 0.1) is 12.1 Å². The number of nitrogens with two attached hydrogens (primary N) is 1. The number of carboxylic acids is 2. The average molecular weight is 466 g/mol. The van der Waals surface area contributed by atoms with Crippen molar-refractivity contribution in [2.75, 3.05) is 0 Å². The zero-order chi connectivity index (χ0) is 25.1. The lowest BCUT2D eigenvalue weighted by Gasteiger charge is -2.24. The predicted molar refractivity (Wildman–Crippen MR) is 116 cm³/mol. The summed E-state index contributed by atoms with van der Waals surface area (Å²) in [5, 5.41) is 34.5. The zero-order valence-corrected chi connectivity index (χ0v) is 18.4. The summed E-state index contributed by atoms with van der Waals surface area (Å²) in [7, 11) is 0. The smallest absolute Gasteiger partial charge is 0.328 e. The van der Waals surface area contributed by atoms with E-state index in [0.29, 0.717) is 5.56 Å². The molecule has 8 N–H and O–H groups in total. The zero-order valence-electron chi connectivity index (χ0n) is 18.4. The van der Waals surface area contributed by atoms with Crippen LogP contribution in [0.2, 0.25) is 0 Å². The summed E-state index contributed by atoms with van der Waals surface area (Å²) >= 11 is 0. The first-order chi connectivity index (χ1) is 15.4. The van der Waals surface area contributed by atoms with Crippen LogP contribution in [0.1, 0.15) is 32.3 Å². The third-order valence-electron chi connectivity index (χ3n) is 4.72. The predicted octanol–water partition coefficient (Wildman–Crippen LogP) is -1.64. The molecule has 5 atom stereocenters. The Hall–Kier alpha value is -3.51. The minimum atomic E-state index is -1.59. The summed E-state index contributed by atoms with van der Waals surface area (Å²) in [5.74, 6) is -4.87. The van der Waals surface area contributed by atoms with E-state index in [1.54, 1.807) is 30.3 Å². The van der Waals surface area contributed by atoms with Crippen LogP contribution >= 0.6 is 0 Å². The number of aliphatic carboxylic acids is 2. The number of nitrogens with one attached hydrogen (secondary N) is 3. The Morgan fingerprint density at radius 2 is 1.52 bits per heavy atom. The van der Waals surface area contributed by atoms with Gasteiger partial charge in [-0.15, -0.1) is 0 Å². The molecule has 0 aromatic heterocycles. The van der Waals surface area contributed by atoms with Crippen LogP contribution in [0.5, 0.6) is 0 Å². The molecule has 1 rings (SSSR count). The fraction of sp³-hybridized carbons (Fsp3) is 0.476. The number of carbonyl (C=O) groups excluding carboxylic acids is 3. The number of carboxylic acid groups (broad SMARTS) is 2. The second-order valence-electron chi connectivity index (χ2n) is 7.59. The summed E-state index contributed by atoms with van der Waals surface area (Å²) in [6.45, 7) is 2.56. The average Bonchev–Trinajstić information content (AvgIpc) is 2.74. The van der Waals surface area contributed by atoms with Gasteiger partial charge in [0, 0.05) is 12.8 Å². The van der Waals surface area contributed by atoms with Gasteiger partial charge in [0.15, 0.2) is 6.04 Å². The number of hydrogen-bond acceptors (Lipinski definition) is 7. The first kappa shape index (κ1) is 27.5. The molecule has 0 aliphatic carbocycles. The van der Waals surface area contributed by atoms with Crippen molar-refractivity contribution in [1.82, 2.24) is 16.0 Å². The van der Waals surface area contributed by atoms with Gasteiger partial charge in [-0.1, -0.05) is 30.3 Å². The van der Waals surface area contributed by atoms with Crippen LogP contribution in [0.3, 0.4) is 0 Å². The Kier molecular flexibility index (Phi) is 11.0. The molecule has 0 saturated heterocycles. The molecule has 0 radical (unpaired) electrons. The fourth-order valence-electron chi connectivity index (χ4n) is 2.79. The molecule has 5 unspecified atom stereocenters. The molecule has 3 amide bonds. The molecule has 0 heterocycles. The van der Waals surface area contributed by atoms with E-state index in [1.165, 1.54) is 13.8 Å². The van der Waals surface area contributed by atoms with Gasteiger partial charge < -0.3 is 37.0 Å². The highest BCUT2D eigenvalue weighted by atomic mass is 16.4. The summed E-state index contributed by atoms with van der Waals surface area (Å²) < 4.78 is 0. The van der Waals surface area contributed by atoms with Gasteiger partial charge in [0.25, 0.3) is 0 Å². The van der Waals surface area contributed by atoms with Gasteiger partial charge in [-0.05, 0) is 25.8 Å². The maximum Gasteiger partial charge on any atom is 0.328 e. The van der Waals surface area contributed by atoms with Crippen molar-refractivity contribution in [3.63, 3.8) is 0 Å². The Balaban J connectivity index is 2.89. The van der Waals surface area contributed by atoms with Crippen LogP contribution < -0.4 is 21.7 Å². The van der Waals surface area contributed by atoms with Gasteiger partial charge >= 0.3 is 11.9 Å². The maximum atomic E-state index is 12.7. The first-order valence-electron chi connectivity index (χ1n) is 10.3.